The average molecular weight is 603 g/mol. The average Bonchev–Trinajstić information content (AvgIpc) is 3.60. The highest BCUT2D eigenvalue weighted by atomic mass is 19.3. The molecule has 2 N–H and O–H groups in total. The van der Waals surface area contributed by atoms with E-state index in [1.165, 1.54) is 31.4 Å². The monoisotopic (exact) mass is 602 g/mol. The summed E-state index contributed by atoms with van der Waals surface area (Å²) in [5.74, 6) is -2.46. The predicted octanol–water partition coefficient (Wildman–Crippen LogP) is 6.06. The first-order valence-electron chi connectivity index (χ1n) is 14.9. The van der Waals surface area contributed by atoms with Crippen LogP contribution in [0.2, 0.25) is 0 Å². The van der Waals surface area contributed by atoms with E-state index in [1.54, 1.807) is 13.0 Å². The molecule has 0 aliphatic heterocycles. The first kappa shape index (κ1) is 30.7. The minimum atomic E-state index is -2.66. The maximum absolute atomic E-state index is 15.0. The Morgan fingerprint density at radius 2 is 1.72 bits per heavy atom. The maximum Gasteiger partial charge on any atom is 0.308 e. The number of methoxy groups -OCH3 is 1. The molecule has 0 radical (unpaired) electrons. The number of carbonyl (C=O) groups is 3. The molecule has 11 heteroatoms. The van der Waals surface area contributed by atoms with Crippen molar-refractivity contribution in [3.8, 4) is 11.5 Å². The molecule has 0 aromatic heterocycles. The summed E-state index contributed by atoms with van der Waals surface area (Å²) in [5.41, 5.74) is 0.156. The third-order valence-electron chi connectivity index (χ3n) is 9.01. The number of esters is 1. The first-order valence-corrected chi connectivity index (χ1v) is 14.9. The number of carbonyl (C=O) groups excluding carboxylic acids is 3. The zero-order valence-electron chi connectivity index (χ0n) is 24.2. The van der Waals surface area contributed by atoms with Crippen LogP contribution < -0.4 is 20.1 Å². The van der Waals surface area contributed by atoms with Gasteiger partial charge in [0.1, 0.15) is 5.75 Å². The number of fused-ring (bicyclic) bond motifs is 2. The lowest BCUT2D eigenvalue weighted by Gasteiger charge is -2.31. The van der Waals surface area contributed by atoms with Crippen molar-refractivity contribution in [2.45, 2.75) is 70.4 Å². The summed E-state index contributed by atoms with van der Waals surface area (Å²) in [6, 6.07) is 7.50. The van der Waals surface area contributed by atoms with E-state index in [4.69, 9.17) is 14.2 Å². The second-order valence-corrected chi connectivity index (χ2v) is 11.6. The first-order chi connectivity index (χ1) is 20.7. The molecule has 232 valence electrons. The molecule has 3 aliphatic rings. The van der Waals surface area contributed by atoms with E-state index < -0.39 is 30.1 Å². The van der Waals surface area contributed by atoms with Crippen molar-refractivity contribution in [1.29, 1.82) is 0 Å². The molecule has 3 saturated carbocycles. The minimum Gasteiger partial charge on any atom is -0.496 e. The Hall–Kier alpha value is -3.76. The van der Waals surface area contributed by atoms with E-state index in [2.05, 4.69) is 10.6 Å². The second kappa shape index (κ2) is 13.3. The number of anilines is 1. The van der Waals surface area contributed by atoms with Gasteiger partial charge in [-0.15, -0.1) is 0 Å². The van der Waals surface area contributed by atoms with Gasteiger partial charge in [0.25, 0.3) is 12.3 Å². The van der Waals surface area contributed by atoms with E-state index in [0.29, 0.717) is 32.3 Å². The maximum atomic E-state index is 15.0. The van der Waals surface area contributed by atoms with Gasteiger partial charge in [-0.25, -0.2) is 13.2 Å². The van der Waals surface area contributed by atoms with Gasteiger partial charge in [0.2, 0.25) is 5.91 Å². The summed E-state index contributed by atoms with van der Waals surface area (Å²) in [6.07, 6.45) is 1.67. The van der Waals surface area contributed by atoms with Gasteiger partial charge in [0.15, 0.2) is 11.6 Å². The van der Waals surface area contributed by atoms with E-state index >= 15 is 4.39 Å². The summed E-state index contributed by atoms with van der Waals surface area (Å²) >= 11 is 0. The molecule has 5 rings (SSSR count). The molecule has 4 atom stereocenters. The second-order valence-electron chi connectivity index (χ2n) is 11.6. The lowest BCUT2D eigenvalue weighted by Crippen LogP contribution is -2.48. The number of alkyl halides is 2. The van der Waals surface area contributed by atoms with Gasteiger partial charge in [-0.05, 0) is 81.9 Å². The van der Waals surface area contributed by atoms with Crippen LogP contribution in [0.5, 0.6) is 11.5 Å². The van der Waals surface area contributed by atoms with E-state index in [1.807, 2.05) is 0 Å². The van der Waals surface area contributed by atoms with Gasteiger partial charge >= 0.3 is 5.97 Å². The van der Waals surface area contributed by atoms with E-state index in [9.17, 15) is 23.2 Å². The highest BCUT2D eigenvalue weighted by Crippen LogP contribution is 2.49. The molecular weight excluding hydrogens is 565 g/mol. The van der Waals surface area contributed by atoms with Crippen LogP contribution in [0.4, 0.5) is 18.9 Å². The van der Waals surface area contributed by atoms with Crippen molar-refractivity contribution in [3.63, 3.8) is 0 Å². The Morgan fingerprint density at radius 1 is 0.977 bits per heavy atom. The Kier molecular flexibility index (Phi) is 9.46. The van der Waals surface area contributed by atoms with Crippen molar-refractivity contribution in [3.05, 3.63) is 53.3 Å². The Bertz CT molecular complexity index is 1350. The van der Waals surface area contributed by atoms with Crippen LogP contribution in [0.15, 0.2) is 36.4 Å². The zero-order chi connectivity index (χ0) is 30.7. The molecular formula is C32H37F3N2O6. The molecule has 0 heterocycles. The van der Waals surface area contributed by atoms with Crippen LogP contribution in [-0.2, 0) is 14.3 Å². The third-order valence-corrected chi connectivity index (χ3v) is 9.01. The smallest absolute Gasteiger partial charge is 0.308 e. The molecule has 3 aliphatic carbocycles. The molecule has 2 aromatic rings. The summed E-state index contributed by atoms with van der Waals surface area (Å²) in [5, 5.41) is 5.76. The van der Waals surface area contributed by atoms with E-state index in [-0.39, 0.29) is 64.0 Å². The predicted molar refractivity (Wildman–Crippen MR) is 152 cm³/mol. The highest BCUT2D eigenvalue weighted by molar-refractivity contribution is 5.99. The van der Waals surface area contributed by atoms with Gasteiger partial charge in [-0.1, -0.05) is 12.1 Å². The molecule has 0 spiro atoms. The van der Waals surface area contributed by atoms with Gasteiger partial charge in [0.05, 0.1) is 37.2 Å². The van der Waals surface area contributed by atoms with Crippen LogP contribution in [0, 0.1) is 29.5 Å². The Morgan fingerprint density at radius 3 is 2.42 bits per heavy atom. The summed E-state index contributed by atoms with van der Waals surface area (Å²) < 4.78 is 57.7. The largest absolute Gasteiger partial charge is 0.496 e. The molecule has 2 amide bonds. The van der Waals surface area contributed by atoms with Crippen LogP contribution in [0.3, 0.4) is 0 Å². The van der Waals surface area contributed by atoms with E-state index in [0.717, 1.165) is 25.3 Å². The Labute approximate surface area is 248 Å². The molecule has 43 heavy (non-hydrogen) atoms. The molecule has 2 bridgehead atoms. The number of halogens is 3. The van der Waals surface area contributed by atoms with Crippen molar-refractivity contribution < 1.29 is 41.8 Å². The van der Waals surface area contributed by atoms with Gasteiger partial charge < -0.3 is 24.8 Å². The number of hydrogen-bond acceptors (Lipinski definition) is 6. The highest BCUT2D eigenvalue weighted by Gasteiger charge is 2.51. The Balaban J connectivity index is 1.28. The number of amides is 2. The van der Waals surface area contributed by atoms with Crippen molar-refractivity contribution in [1.82, 2.24) is 5.32 Å². The van der Waals surface area contributed by atoms with Crippen LogP contribution in [-0.4, -0.2) is 43.6 Å². The number of ether oxygens (including phenoxy) is 3. The molecule has 3 fully saturated rings. The molecule has 4 unspecified atom stereocenters. The number of benzene rings is 2. The molecule has 0 saturated heterocycles. The lowest BCUT2D eigenvalue weighted by molar-refractivity contribution is -0.149. The van der Waals surface area contributed by atoms with Crippen LogP contribution in [0.1, 0.15) is 74.2 Å². The minimum absolute atomic E-state index is 0.0290. The fraction of sp³-hybridized carbons (Fsp3) is 0.531. The fourth-order valence-electron chi connectivity index (χ4n) is 6.91. The third kappa shape index (κ3) is 6.75. The van der Waals surface area contributed by atoms with Crippen LogP contribution in [0.25, 0.3) is 0 Å². The summed E-state index contributed by atoms with van der Waals surface area (Å²) in [6.45, 7) is 2.08. The topological polar surface area (TPSA) is 103 Å². The summed E-state index contributed by atoms with van der Waals surface area (Å²) in [7, 11) is 1.34. The number of rotatable bonds is 10. The number of nitrogens with one attached hydrogen (secondary N) is 2. The van der Waals surface area contributed by atoms with Crippen molar-refractivity contribution >= 4 is 23.5 Å². The lowest BCUT2D eigenvalue weighted by atomic mass is 9.83. The normalized spacial score (nSPS) is 26.2. The fourth-order valence-corrected chi connectivity index (χ4v) is 6.91. The number of hydrogen-bond donors (Lipinski definition) is 2. The molecule has 2 aromatic carbocycles. The van der Waals surface area contributed by atoms with Crippen molar-refractivity contribution in [2.24, 2.45) is 23.7 Å². The zero-order valence-corrected chi connectivity index (χ0v) is 24.2. The summed E-state index contributed by atoms with van der Waals surface area (Å²) in [4.78, 5) is 39.0. The quantitative estimate of drug-likeness (QED) is 0.321. The van der Waals surface area contributed by atoms with Gasteiger partial charge in [-0.2, -0.15) is 0 Å². The molecule has 8 nitrogen and oxygen atoms in total. The van der Waals surface area contributed by atoms with Crippen LogP contribution >= 0.6 is 0 Å². The SMILES string of the molecule is CCOC(=O)C1CCC(Oc2cc(C(=O)NC3C4CCC(C4)C3C(=O)Nc3cccc(C(F)F)c3)c(OC)cc2F)CC1. The van der Waals surface area contributed by atoms with Crippen molar-refractivity contribution in [2.75, 3.05) is 19.0 Å². The van der Waals surface area contributed by atoms with Gasteiger partial charge in [0, 0.05) is 23.4 Å². The van der Waals surface area contributed by atoms with Gasteiger partial charge in [-0.3, -0.25) is 14.4 Å². The standard InChI is InChI=1S/C32H37F3N2O6/c1-3-42-32(40)17-9-11-22(12-10-17)43-26-15-23(25(41-2)16-24(26)33)30(38)37-28-19-8-7-18(13-19)27(28)31(39)36-21-6-4-5-20(14-21)29(34)35/h4-6,14-19,22,27-29H,3,7-13H2,1-2H3,(H,36,39)(H,37,38).